The minimum atomic E-state index is 1.13. The minimum absolute atomic E-state index is 1.13. The molecule has 0 nitrogen and oxygen atoms in total. The maximum atomic E-state index is 2.35. The summed E-state index contributed by atoms with van der Waals surface area (Å²) < 4.78 is 0. The van der Waals surface area contributed by atoms with Crippen molar-refractivity contribution in [2.45, 2.75) is 40.0 Å². The van der Waals surface area contributed by atoms with Crippen LogP contribution in [0.25, 0.3) is 0 Å². The summed E-state index contributed by atoms with van der Waals surface area (Å²) in [5, 5.41) is 0. The zero-order chi connectivity index (χ0) is 8.97. The van der Waals surface area contributed by atoms with Crippen LogP contribution in [0.1, 0.15) is 40.0 Å². The zero-order valence-corrected chi connectivity index (χ0v) is 8.35. The average molecular weight is 162 g/mol. The van der Waals surface area contributed by atoms with Crippen molar-refractivity contribution in [3.05, 3.63) is 34.9 Å². The van der Waals surface area contributed by atoms with E-state index in [0.717, 1.165) is 12.8 Å². The Kier molecular flexibility index (Phi) is 3.33. The van der Waals surface area contributed by atoms with Crippen molar-refractivity contribution in [2.75, 3.05) is 0 Å². The average Bonchev–Trinajstić information content (AvgIpc) is 2.17. The number of rotatable bonds is 2. The molecule has 0 aromatic carbocycles. The molecule has 0 aromatic heterocycles. The molecule has 0 atom stereocenters. The molecule has 1 aliphatic carbocycles. The van der Waals surface area contributed by atoms with Gasteiger partial charge in [-0.2, -0.15) is 0 Å². The van der Waals surface area contributed by atoms with E-state index < -0.39 is 0 Å². The van der Waals surface area contributed by atoms with E-state index in [2.05, 4.69) is 39.0 Å². The summed E-state index contributed by atoms with van der Waals surface area (Å²) in [4.78, 5) is 0. The lowest BCUT2D eigenvalue weighted by atomic mass is 9.96. The fraction of sp³-hybridized carbons (Fsp3) is 0.500. The van der Waals surface area contributed by atoms with Crippen molar-refractivity contribution < 1.29 is 0 Å². The predicted molar refractivity (Wildman–Crippen MR) is 55.1 cm³/mol. The summed E-state index contributed by atoms with van der Waals surface area (Å²) in [6.45, 7) is 6.67. The highest BCUT2D eigenvalue weighted by Gasteiger charge is 2.02. The van der Waals surface area contributed by atoms with Gasteiger partial charge < -0.3 is 0 Å². The molecule has 1 rings (SSSR count). The molecular weight excluding hydrogens is 144 g/mol. The lowest BCUT2D eigenvalue weighted by molar-refractivity contribution is 1.02. The lowest BCUT2D eigenvalue weighted by Crippen LogP contribution is -1.90. The second-order valence-electron chi connectivity index (χ2n) is 3.34. The highest BCUT2D eigenvalue weighted by Crippen LogP contribution is 2.22. The highest BCUT2D eigenvalue weighted by atomic mass is 14.1. The minimum Gasteiger partial charge on any atom is -0.0799 e. The van der Waals surface area contributed by atoms with Crippen LogP contribution in [0.2, 0.25) is 0 Å². The van der Waals surface area contributed by atoms with E-state index in [9.17, 15) is 0 Å². The van der Waals surface area contributed by atoms with Gasteiger partial charge in [0, 0.05) is 0 Å². The monoisotopic (exact) mass is 162 g/mol. The van der Waals surface area contributed by atoms with Crippen molar-refractivity contribution >= 4 is 0 Å². The largest absolute Gasteiger partial charge is 0.0799 e. The van der Waals surface area contributed by atoms with Crippen LogP contribution < -0.4 is 0 Å². The molecule has 0 heterocycles. The fourth-order valence-corrected chi connectivity index (χ4v) is 1.41. The second kappa shape index (κ2) is 4.30. The molecule has 12 heavy (non-hydrogen) atoms. The van der Waals surface area contributed by atoms with Crippen molar-refractivity contribution in [2.24, 2.45) is 0 Å². The van der Waals surface area contributed by atoms with Crippen LogP contribution in [0.5, 0.6) is 0 Å². The molecule has 0 radical (unpaired) electrons. The van der Waals surface area contributed by atoms with Gasteiger partial charge in [-0.1, -0.05) is 37.6 Å². The first kappa shape index (κ1) is 9.31. The Hall–Kier alpha value is -0.780. The van der Waals surface area contributed by atoms with Gasteiger partial charge in [0.2, 0.25) is 0 Å². The summed E-state index contributed by atoms with van der Waals surface area (Å²) in [5.41, 5.74) is 4.52. The van der Waals surface area contributed by atoms with E-state index in [1.807, 2.05) is 0 Å². The number of hydrogen-bond donors (Lipinski definition) is 0. The molecule has 0 heteroatoms. The summed E-state index contributed by atoms with van der Waals surface area (Å²) in [6, 6.07) is 0. The third kappa shape index (κ3) is 2.10. The number of hydrogen-bond acceptors (Lipinski definition) is 0. The van der Waals surface area contributed by atoms with Gasteiger partial charge in [-0.05, 0) is 37.3 Å². The van der Waals surface area contributed by atoms with Gasteiger partial charge in [0.25, 0.3) is 0 Å². The van der Waals surface area contributed by atoms with E-state index in [4.69, 9.17) is 0 Å². The first-order valence-corrected chi connectivity index (χ1v) is 4.83. The van der Waals surface area contributed by atoms with Gasteiger partial charge >= 0.3 is 0 Å². The predicted octanol–water partition coefficient (Wildman–Crippen LogP) is 4.01. The van der Waals surface area contributed by atoms with Gasteiger partial charge in [0.15, 0.2) is 0 Å². The Morgan fingerprint density at radius 3 is 2.75 bits per heavy atom. The van der Waals surface area contributed by atoms with Crippen LogP contribution in [0.15, 0.2) is 34.9 Å². The van der Waals surface area contributed by atoms with E-state index >= 15 is 0 Å². The summed E-state index contributed by atoms with van der Waals surface area (Å²) in [6.07, 6.45) is 10.3. The van der Waals surface area contributed by atoms with E-state index in [1.165, 1.54) is 23.1 Å². The highest BCUT2D eigenvalue weighted by molar-refractivity contribution is 5.38. The van der Waals surface area contributed by atoms with Gasteiger partial charge in [0.1, 0.15) is 0 Å². The Morgan fingerprint density at radius 2 is 2.17 bits per heavy atom. The summed E-state index contributed by atoms with van der Waals surface area (Å²) in [7, 11) is 0. The quantitative estimate of drug-likeness (QED) is 0.575. The van der Waals surface area contributed by atoms with Crippen LogP contribution in [0, 0.1) is 0 Å². The summed E-state index contributed by atoms with van der Waals surface area (Å²) >= 11 is 0. The Labute approximate surface area is 75.7 Å². The zero-order valence-electron chi connectivity index (χ0n) is 8.35. The van der Waals surface area contributed by atoms with Crippen LogP contribution in [-0.2, 0) is 0 Å². The van der Waals surface area contributed by atoms with Crippen molar-refractivity contribution in [3.8, 4) is 0 Å². The van der Waals surface area contributed by atoms with Gasteiger partial charge in [-0.15, -0.1) is 0 Å². The summed E-state index contributed by atoms with van der Waals surface area (Å²) in [5.74, 6) is 0. The molecule has 0 unspecified atom stereocenters. The Bertz CT molecular complexity index is 237. The van der Waals surface area contributed by atoms with E-state index in [1.54, 1.807) is 0 Å². The fourth-order valence-electron chi connectivity index (χ4n) is 1.41. The molecule has 0 saturated heterocycles. The van der Waals surface area contributed by atoms with Gasteiger partial charge in [0.05, 0.1) is 0 Å². The molecule has 0 amide bonds. The van der Waals surface area contributed by atoms with E-state index in [0.29, 0.717) is 0 Å². The maximum Gasteiger partial charge on any atom is -0.00947 e. The van der Waals surface area contributed by atoms with Crippen LogP contribution in [-0.4, -0.2) is 0 Å². The third-order valence-corrected chi connectivity index (χ3v) is 2.52. The van der Waals surface area contributed by atoms with Crippen LogP contribution >= 0.6 is 0 Å². The Balaban J connectivity index is 2.85. The smallest absolute Gasteiger partial charge is 0.00947 e. The lowest BCUT2D eigenvalue weighted by Gasteiger charge is -2.10. The van der Waals surface area contributed by atoms with Gasteiger partial charge in [-0.3, -0.25) is 0 Å². The molecule has 66 valence electrons. The SMILES string of the molecule is CCC1=CC(=C(C)CC)CC=C1. The molecule has 0 N–H and O–H groups in total. The first-order valence-electron chi connectivity index (χ1n) is 4.83. The standard InChI is InChI=1S/C12H18/c1-4-10(3)12-8-6-7-11(5-2)9-12/h6-7,9H,4-5,8H2,1-3H3. The van der Waals surface area contributed by atoms with Gasteiger partial charge in [-0.25, -0.2) is 0 Å². The topological polar surface area (TPSA) is 0 Å². The molecule has 0 spiro atoms. The molecule has 1 aliphatic rings. The molecule has 0 bridgehead atoms. The molecule has 0 aliphatic heterocycles. The van der Waals surface area contributed by atoms with Crippen molar-refractivity contribution in [1.29, 1.82) is 0 Å². The number of allylic oxidation sites excluding steroid dienone is 6. The molecule has 0 aromatic rings. The molecule has 0 fully saturated rings. The second-order valence-corrected chi connectivity index (χ2v) is 3.34. The third-order valence-electron chi connectivity index (χ3n) is 2.52. The maximum absolute atomic E-state index is 2.35. The Morgan fingerprint density at radius 1 is 1.42 bits per heavy atom. The van der Waals surface area contributed by atoms with Crippen LogP contribution in [0.4, 0.5) is 0 Å². The molecular formula is C12H18. The van der Waals surface area contributed by atoms with Crippen molar-refractivity contribution in [3.63, 3.8) is 0 Å². The normalized spacial score (nSPS) is 20.8. The van der Waals surface area contributed by atoms with E-state index in [-0.39, 0.29) is 0 Å². The molecule has 0 saturated carbocycles. The van der Waals surface area contributed by atoms with Crippen LogP contribution in [0.3, 0.4) is 0 Å². The van der Waals surface area contributed by atoms with Crippen molar-refractivity contribution in [1.82, 2.24) is 0 Å². The first-order chi connectivity index (χ1) is 5.77.